The molecular weight excluding hydrogens is 446 g/mol. The Balaban J connectivity index is 1.40. The van der Waals surface area contributed by atoms with Crippen LogP contribution in [0.25, 0.3) is 12.2 Å². The summed E-state index contributed by atoms with van der Waals surface area (Å²) in [4.78, 5) is 13.9. The first-order valence-corrected chi connectivity index (χ1v) is 13.8. The van der Waals surface area contributed by atoms with Crippen LogP contribution in [-0.2, 0) is 14.8 Å². The van der Waals surface area contributed by atoms with Crippen LogP contribution in [0.4, 0.5) is 0 Å². The molecule has 0 spiro atoms. The lowest BCUT2D eigenvalue weighted by Crippen LogP contribution is -2.45. The van der Waals surface area contributed by atoms with E-state index in [1.54, 1.807) is 24.3 Å². The lowest BCUT2D eigenvalue weighted by atomic mass is 9.96. The maximum absolute atomic E-state index is 13.4. The summed E-state index contributed by atoms with van der Waals surface area (Å²) < 4.78 is 33.5. The average molecular weight is 478 g/mol. The van der Waals surface area contributed by atoms with Crippen LogP contribution in [0.1, 0.15) is 67.7 Å². The van der Waals surface area contributed by atoms with Crippen LogP contribution >= 0.6 is 11.3 Å². The van der Waals surface area contributed by atoms with Crippen LogP contribution in [-0.4, -0.2) is 42.9 Å². The minimum absolute atomic E-state index is 0.0784. The summed E-state index contributed by atoms with van der Waals surface area (Å²) >= 11 is 1.56. The smallest absolute Gasteiger partial charge is 0.248 e. The minimum Gasteiger partial charge on any atom is -0.355 e. The number of sulfonamides is 1. The Morgan fingerprint density at radius 1 is 1.16 bits per heavy atom. The summed E-state index contributed by atoms with van der Waals surface area (Å²) in [6.45, 7) is 2.29. The highest BCUT2D eigenvalue weighted by molar-refractivity contribution is 7.89. The van der Waals surface area contributed by atoms with Crippen molar-refractivity contribution in [3.05, 3.63) is 33.8 Å². The van der Waals surface area contributed by atoms with E-state index < -0.39 is 10.0 Å². The molecule has 4 rings (SSSR count). The van der Waals surface area contributed by atoms with E-state index in [1.165, 1.54) is 30.0 Å². The van der Waals surface area contributed by atoms with Gasteiger partial charge in [-0.25, -0.2) is 8.42 Å². The molecule has 9 heteroatoms. The summed E-state index contributed by atoms with van der Waals surface area (Å²) in [5.41, 5.74) is 0.351. The number of piperidine rings is 1. The van der Waals surface area contributed by atoms with E-state index in [9.17, 15) is 13.2 Å². The number of thiophene rings is 1. The molecule has 1 saturated heterocycles. The van der Waals surface area contributed by atoms with Crippen LogP contribution in [0.5, 0.6) is 0 Å². The lowest BCUT2D eigenvalue weighted by molar-refractivity contribution is -0.126. The summed E-state index contributed by atoms with van der Waals surface area (Å²) in [7, 11) is -3.75. The Morgan fingerprint density at radius 3 is 2.53 bits per heavy atom. The molecule has 1 aliphatic heterocycles. The van der Waals surface area contributed by atoms with Gasteiger partial charge in [0.25, 0.3) is 0 Å². The topological polar surface area (TPSA) is 92.5 Å². The van der Waals surface area contributed by atoms with Gasteiger partial charge in [-0.15, -0.1) is 11.3 Å². The number of carbonyl (C=O) groups excluding carboxylic acids is 1. The molecule has 1 N–H and O–H groups in total. The zero-order valence-corrected chi connectivity index (χ0v) is 20.1. The quantitative estimate of drug-likeness (QED) is 0.621. The van der Waals surface area contributed by atoms with E-state index in [-0.39, 0.29) is 28.5 Å². The molecule has 2 aromatic rings. The maximum atomic E-state index is 13.4. The fourth-order valence-corrected chi connectivity index (χ4v) is 6.91. The van der Waals surface area contributed by atoms with Gasteiger partial charge in [0.15, 0.2) is 10.7 Å². The molecule has 2 aliphatic rings. The molecule has 1 saturated carbocycles. The number of hydrogen-bond donors (Lipinski definition) is 1. The van der Waals surface area contributed by atoms with E-state index in [4.69, 9.17) is 4.52 Å². The summed E-state index contributed by atoms with van der Waals surface area (Å²) in [6.07, 6.45) is 11.5. The normalized spacial score (nSPS) is 19.9. The van der Waals surface area contributed by atoms with Crippen molar-refractivity contribution >= 4 is 39.4 Å². The van der Waals surface area contributed by atoms with Gasteiger partial charge in [0, 0.05) is 29.9 Å². The van der Waals surface area contributed by atoms with E-state index >= 15 is 0 Å². The highest BCUT2D eigenvalue weighted by Crippen LogP contribution is 2.30. The molecule has 3 heterocycles. The Bertz CT molecular complexity index is 1030. The second kappa shape index (κ2) is 10.3. The summed E-state index contributed by atoms with van der Waals surface area (Å²) in [5.74, 6) is 0.185. The van der Waals surface area contributed by atoms with Crippen molar-refractivity contribution in [1.29, 1.82) is 0 Å². The minimum atomic E-state index is -3.75. The molecule has 0 radical (unpaired) electrons. The van der Waals surface area contributed by atoms with Crippen LogP contribution < -0.4 is 5.32 Å². The monoisotopic (exact) mass is 477 g/mol. The van der Waals surface area contributed by atoms with Gasteiger partial charge < -0.3 is 9.84 Å². The third-order valence-electron chi connectivity index (χ3n) is 6.40. The molecular formula is C23H31N3O4S2. The fourth-order valence-electron chi connectivity index (χ4n) is 4.57. The van der Waals surface area contributed by atoms with Gasteiger partial charge in [-0.2, -0.15) is 4.31 Å². The van der Waals surface area contributed by atoms with Gasteiger partial charge >= 0.3 is 0 Å². The van der Waals surface area contributed by atoms with E-state index in [0.717, 1.165) is 17.7 Å². The molecule has 2 fully saturated rings. The first-order valence-electron chi connectivity index (χ1n) is 11.4. The number of nitrogens with zero attached hydrogens (tertiary/aromatic N) is 2. The van der Waals surface area contributed by atoms with Crippen molar-refractivity contribution in [2.45, 2.75) is 69.2 Å². The predicted molar refractivity (Wildman–Crippen MR) is 126 cm³/mol. The maximum Gasteiger partial charge on any atom is 0.248 e. The van der Waals surface area contributed by atoms with Crippen LogP contribution in [0.2, 0.25) is 0 Å². The first-order chi connectivity index (χ1) is 15.4. The second-order valence-electron chi connectivity index (χ2n) is 8.69. The Kier molecular flexibility index (Phi) is 7.48. The number of rotatable bonds is 6. The van der Waals surface area contributed by atoms with Crippen molar-refractivity contribution < 1.29 is 17.7 Å². The van der Waals surface area contributed by atoms with Gasteiger partial charge in [-0.3, -0.25) is 4.79 Å². The molecule has 1 amide bonds. The number of nitrogens with one attached hydrogen (secondary N) is 1. The van der Waals surface area contributed by atoms with Crippen molar-refractivity contribution in [2.75, 3.05) is 13.1 Å². The molecule has 0 unspecified atom stereocenters. The molecule has 7 nitrogen and oxygen atoms in total. The molecule has 32 heavy (non-hydrogen) atoms. The zero-order valence-electron chi connectivity index (χ0n) is 18.5. The molecule has 0 atom stereocenters. The number of carbonyl (C=O) groups is 1. The van der Waals surface area contributed by atoms with Gasteiger partial charge in [0.05, 0.1) is 0 Å². The Morgan fingerprint density at radius 2 is 1.88 bits per heavy atom. The van der Waals surface area contributed by atoms with Crippen molar-refractivity contribution in [3.63, 3.8) is 0 Å². The van der Waals surface area contributed by atoms with Gasteiger partial charge in [-0.05, 0) is 56.2 Å². The Labute approximate surface area is 193 Å². The number of amides is 1. The largest absolute Gasteiger partial charge is 0.355 e. The molecule has 0 aromatic carbocycles. The molecule has 174 valence electrons. The number of aromatic nitrogens is 1. The van der Waals surface area contributed by atoms with E-state index in [1.807, 2.05) is 23.6 Å². The lowest BCUT2D eigenvalue weighted by Gasteiger charge is -2.31. The van der Waals surface area contributed by atoms with Crippen molar-refractivity contribution in [1.82, 2.24) is 14.8 Å². The third-order valence-corrected chi connectivity index (χ3v) is 9.29. The molecule has 2 aromatic heterocycles. The van der Waals surface area contributed by atoms with Crippen LogP contribution in [0, 0.1) is 12.8 Å². The van der Waals surface area contributed by atoms with E-state index in [0.29, 0.717) is 31.6 Å². The highest BCUT2D eigenvalue weighted by Gasteiger charge is 2.36. The van der Waals surface area contributed by atoms with Crippen molar-refractivity contribution in [3.8, 4) is 0 Å². The number of hydrogen-bond acceptors (Lipinski definition) is 6. The highest BCUT2D eigenvalue weighted by atomic mass is 32.2. The van der Waals surface area contributed by atoms with Gasteiger partial charge in [-0.1, -0.05) is 36.9 Å². The predicted octanol–water partition coefficient (Wildman–Crippen LogP) is 4.45. The first kappa shape index (κ1) is 23.2. The molecule has 1 aliphatic carbocycles. The summed E-state index contributed by atoms with van der Waals surface area (Å²) in [5, 5.41) is 9.08. The third kappa shape index (κ3) is 5.32. The standard InChI is InChI=1S/C23H31N3O4S2/c1-17-22(21(30-25-17)11-10-20-9-6-16-31-20)32(28,29)26-14-12-18(13-15-26)23(27)24-19-7-4-2-3-5-8-19/h6,9-11,16,18-19H,2-5,7-8,12-15H2,1H3,(H,24,27). The second-order valence-corrected chi connectivity index (χ2v) is 11.5. The van der Waals surface area contributed by atoms with Gasteiger partial charge in [0.1, 0.15) is 5.69 Å². The average Bonchev–Trinajstić information content (AvgIpc) is 3.36. The fraction of sp³-hybridized carbons (Fsp3) is 0.565. The van der Waals surface area contributed by atoms with Crippen molar-refractivity contribution in [2.24, 2.45) is 5.92 Å². The SMILES string of the molecule is Cc1noc(C=Cc2cccs2)c1S(=O)(=O)N1CCC(C(=O)NC2CCCCCC2)CC1. The zero-order chi connectivity index (χ0) is 22.6. The summed E-state index contributed by atoms with van der Waals surface area (Å²) in [6, 6.07) is 4.15. The van der Waals surface area contributed by atoms with Gasteiger partial charge in [0.2, 0.25) is 15.9 Å². The Hall–Kier alpha value is -1.97. The van der Waals surface area contributed by atoms with Crippen LogP contribution in [0.15, 0.2) is 26.9 Å². The van der Waals surface area contributed by atoms with E-state index in [2.05, 4.69) is 10.5 Å². The molecule has 0 bridgehead atoms. The van der Waals surface area contributed by atoms with Crippen LogP contribution in [0.3, 0.4) is 0 Å². The number of aryl methyl sites for hydroxylation is 1.